The Morgan fingerprint density at radius 3 is 2.50 bits per heavy atom. The molecule has 0 bridgehead atoms. The van der Waals surface area contributed by atoms with Gasteiger partial charge in [-0.2, -0.15) is 0 Å². The zero-order chi connectivity index (χ0) is 16.1. The summed E-state index contributed by atoms with van der Waals surface area (Å²) >= 11 is 0. The number of hydrogen-bond acceptors (Lipinski definition) is 4. The van der Waals surface area contributed by atoms with Crippen LogP contribution in [0.4, 0.5) is 0 Å². The van der Waals surface area contributed by atoms with Gasteiger partial charge in [-0.25, -0.2) is 9.97 Å². The van der Waals surface area contributed by atoms with E-state index in [4.69, 9.17) is 0 Å². The predicted molar refractivity (Wildman–Crippen MR) is 86.7 cm³/mol. The Bertz CT molecular complexity index is 637. The van der Waals surface area contributed by atoms with Crippen LogP contribution in [0.1, 0.15) is 33.2 Å². The lowest BCUT2D eigenvalue weighted by molar-refractivity contribution is 0.0940. The minimum Gasteiger partial charge on any atom is -0.350 e. The van der Waals surface area contributed by atoms with Crippen molar-refractivity contribution < 1.29 is 4.79 Å². The lowest BCUT2D eigenvalue weighted by Gasteiger charge is -2.25. The van der Waals surface area contributed by atoms with Crippen LogP contribution in [-0.2, 0) is 0 Å². The zero-order valence-corrected chi connectivity index (χ0v) is 13.5. The first-order valence-corrected chi connectivity index (χ1v) is 7.27. The van der Waals surface area contributed by atoms with Gasteiger partial charge in [0.05, 0.1) is 17.3 Å². The molecule has 5 heteroatoms. The lowest BCUT2D eigenvalue weighted by Crippen LogP contribution is -2.35. The molecule has 1 N–H and O–H groups in total. The van der Waals surface area contributed by atoms with E-state index in [1.54, 1.807) is 13.1 Å². The van der Waals surface area contributed by atoms with E-state index in [1.165, 1.54) is 17.5 Å². The first-order valence-electron chi connectivity index (χ1n) is 7.27. The Labute approximate surface area is 131 Å². The topological polar surface area (TPSA) is 58.1 Å². The molecule has 0 spiro atoms. The molecule has 5 nitrogen and oxygen atoms in total. The highest BCUT2D eigenvalue weighted by molar-refractivity contribution is 5.94. The molecule has 1 aromatic carbocycles. The Balaban J connectivity index is 2.08. The van der Waals surface area contributed by atoms with Crippen LogP contribution in [0.5, 0.6) is 0 Å². The summed E-state index contributed by atoms with van der Waals surface area (Å²) in [4.78, 5) is 22.3. The predicted octanol–water partition coefficient (Wildman–Crippen LogP) is 2.13. The maximum Gasteiger partial charge on any atom is 0.254 e. The molecule has 2 aromatic rings. The van der Waals surface area contributed by atoms with Crippen molar-refractivity contribution in [2.45, 2.75) is 19.9 Å². The molecular formula is C17H22N4O. The fourth-order valence-corrected chi connectivity index (χ4v) is 2.29. The summed E-state index contributed by atoms with van der Waals surface area (Å²) in [6.07, 6.45) is 3.00. The highest BCUT2D eigenvalue weighted by Crippen LogP contribution is 2.18. The molecule has 1 aromatic heterocycles. The molecule has 0 aliphatic carbocycles. The monoisotopic (exact) mass is 298 g/mol. The van der Waals surface area contributed by atoms with E-state index in [-0.39, 0.29) is 11.9 Å². The summed E-state index contributed by atoms with van der Waals surface area (Å²) in [6.45, 7) is 4.40. The summed E-state index contributed by atoms with van der Waals surface area (Å²) in [5, 5.41) is 2.97. The number of aryl methyl sites for hydroxylation is 2. The van der Waals surface area contributed by atoms with Gasteiger partial charge in [-0.15, -0.1) is 0 Å². The second kappa shape index (κ2) is 7.13. The van der Waals surface area contributed by atoms with Gasteiger partial charge in [-0.05, 0) is 33.5 Å². The smallest absolute Gasteiger partial charge is 0.254 e. The van der Waals surface area contributed by atoms with Crippen molar-refractivity contribution >= 4 is 5.91 Å². The maximum absolute atomic E-state index is 12.3. The molecule has 0 aliphatic rings. The molecule has 0 aliphatic heterocycles. The van der Waals surface area contributed by atoms with Crippen LogP contribution < -0.4 is 5.32 Å². The molecule has 0 saturated carbocycles. The maximum atomic E-state index is 12.3. The van der Waals surface area contributed by atoms with Gasteiger partial charge in [0, 0.05) is 12.7 Å². The van der Waals surface area contributed by atoms with E-state index in [1.807, 2.05) is 14.1 Å². The highest BCUT2D eigenvalue weighted by Gasteiger charge is 2.17. The SMILES string of the molecule is Cc1ccc([C@@H](CNC(=O)c2cncnc2C)N(C)C)cc1. The van der Waals surface area contributed by atoms with Crippen LogP contribution >= 0.6 is 0 Å². The molecule has 1 atom stereocenters. The highest BCUT2D eigenvalue weighted by atomic mass is 16.1. The van der Waals surface area contributed by atoms with E-state index in [0.29, 0.717) is 17.8 Å². The first kappa shape index (κ1) is 16.1. The quantitative estimate of drug-likeness (QED) is 0.918. The third-order valence-electron chi connectivity index (χ3n) is 3.70. The molecular weight excluding hydrogens is 276 g/mol. The number of aromatic nitrogens is 2. The number of carbonyl (C=O) groups is 1. The minimum atomic E-state index is -0.142. The summed E-state index contributed by atoms with van der Waals surface area (Å²) < 4.78 is 0. The molecule has 0 fully saturated rings. The van der Waals surface area contributed by atoms with E-state index < -0.39 is 0 Å². The number of likely N-dealkylation sites (N-methyl/N-ethyl adjacent to an activating group) is 1. The van der Waals surface area contributed by atoms with Crippen LogP contribution in [0.2, 0.25) is 0 Å². The van der Waals surface area contributed by atoms with Crippen LogP contribution in [0.25, 0.3) is 0 Å². The van der Waals surface area contributed by atoms with Crippen molar-refractivity contribution in [1.82, 2.24) is 20.2 Å². The van der Waals surface area contributed by atoms with Crippen molar-refractivity contribution in [3.05, 3.63) is 59.2 Å². The summed E-state index contributed by atoms with van der Waals surface area (Å²) in [7, 11) is 4.01. The van der Waals surface area contributed by atoms with Crippen molar-refractivity contribution in [3.63, 3.8) is 0 Å². The molecule has 1 amide bonds. The van der Waals surface area contributed by atoms with Crippen molar-refractivity contribution in [2.24, 2.45) is 0 Å². The van der Waals surface area contributed by atoms with E-state index in [2.05, 4.69) is 51.4 Å². The first-order chi connectivity index (χ1) is 10.5. The summed E-state index contributed by atoms with van der Waals surface area (Å²) in [5.74, 6) is -0.142. The van der Waals surface area contributed by atoms with Gasteiger partial charge in [0.1, 0.15) is 6.33 Å². The fraction of sp³-hybridized carbons (Fsp3) is 0.353. The number of nitrogens with zero attached hydrogens (tertiary/aromatic N) is 3. The van der Waals surface area contributed by atoms with Gasteiger partial charge in [0.15, 0.2) is 0 Å². The van der Waals surface area contributed by atoms with Gasteiger partial charge < -0.3 is 10.2 Å². The largest absolute Gasteiger partial charge is 0.350 e. The summed E-state index contributed by atoms with van der Waals surface area (Å²) in [6, 6.07) is 8.49. The number of nitrogens with one attached hydrogen (secondary N) is 1. The molecule has 116 valence electrons. The summed E-state index contributed by atoms with van der Waals surface area (Å²) in [5.41, 5.74) is 3.60. The molecule has 0 radical (unpaired) electrons. The number of benzene rings is 1. The molecule has 2 rings (SSSR count). The van der Waals surface area contributed by atoms with Gasteiger partial charge in [0.25, 0.3) is 5.91 Å². The number of hydrogen-bond donors (Lipinski definition) is 1. The number of carbonyl (C=O) groups excluding carboxylic acids is 1. The van der Waals surface area contributed by atoms with Crippen LogP contribution in [-0.4, -0.2) is 41.4 Å². The Morgan fingerprint density at radius 2 is 1.91 bits per heavy atom. The van der Waals surface area contributed by atoms with Crippen LogP contribution in [0, 0.1) is 13.8 Å². The van der Waals surface area contributed by atoms with Gasteiger partial charge in [-0.3, -0.25) is 4.79 Å². The minimum absolute atomic E-state index is 0.120. The third-order valence-corrected chi connectivity index (χ3v) is 3.70. The van der Waals surface area contributed by atoms with Gasteiger partial charge in [0.2, 0.25) is 0 Å². The third kappa shape index (κ3) is 3.89. The normalized spacial score (nSPS) is 12.2. The fourth-order valence-electron chi connectivity index (χ4n) is 2.29. The molecule has 0 saturated heterocycles. The van der Waals surface area contributed by atoms with Crippen LogP contribution in [0.3, 0.4) is 0 Å². The van der Waals surface area contributed by atoms with E-state index in [0.717, 1.165) is 0 Å². The standard InChI is InChI=1S/C17H22N4O/c1-12-5-7-14(8-6-12)16(21(3)4)10-19-17(22)15-9-18-11-20-13(15)2/h5-9,11,16H,10H2,1-4H3,(H,19,22)/t16-/m1/s1. The second-order valence-corrected chi connectivity index (χ2v) is 5.62. The average Bonchev–Trinajstić information content (AvgIpc) is 2.49. The number of amides is 1. The average molecular weight is 298 g/mol. The van der Waals surface area contributed by atoms with E-state index >= 15 is 0 Å². The Morgan fingerprint density at radius 1 is 1.23 bits per heavy atom. The lowest BCUT2D eigenvalue weighted by atomic mass is 10.0. The molecule has 1 heterocycles. The number of rotatable bonds is 5. The molecule has 0 unspecified atom stereocenters. The van der Waals surface area contributed by atoms with E-state index in [9.17, 15) is 4.79 Å². The van der Waals surface area contributed by atoms with Crippen LogP contribution in [0.15, 0.2) is 36.8 Å². The Hall–Kier alpha value is -2.27. The molecule has 22 heavy (non-hydrogen) atoms. The van der Waals surface area contributed by atoms with Gasteiger partial charge in [-0.1, -0.05) is 29.8 Å². The van der Waals surface area contributed by atoms with Crippen molar-refractivity contribution in [2.75, 3.05) is 20.6 Å². The second-order valence-electron chi connectivity index (χ2n) is 5.62. The van der Waals surface area contributed by atoms with Gasteiger partial charge >= 0.3 is 0 Å². The van der Waals surface area contributed by atoms with Crippen molar-refractivity contribution in [3.8, 4) is 0 Å². The zero-order valence-electron chi connectivity index (χ0n) is 13.5. The van der Waals surface area contributed by atoms with Crippen molar-refractivity contribution in [1.29, 1.82) is 0 Å². The Kier molecular flexibility index (Phi) is 5.22.